The van der Waals surface area contributed by atoms with Gasteiger partial charge in [-0.25, -0.2) is 9.59 Å². The lowest BCUT2D eigenvalue weighted by Gasteiger charge is -2.62. The molecule has 2 aliphatic rings. The number of urea groups is 1. The molecule has 166 valence electrons. The minimum atomic E-state index is -0.972. The first-order valence-corrected chi connectivity index (χ1v) is 11.4. The van der Waals surface area contributed by atoms with Crippen LogP contribution in [0.2, 0.25) is 5.02 Å². The summed E-state index contributed by atoms with van der Waals surface area (Å²) in [4.78, 5) is 28.6. The van der Waals surface area contributed by atoms with Crippen molar-refractivity contribution < 1.29 is 14.7 Å². The Labute approximate surface area is 184 Å². The van der Waals surface area contributed by atoms with Gasteiger partial charge in [0.1, 0.15) is 6.04 Å². The average Bonchev–Trinajstić information content (AvgIpc) is 2.71. The predicted octanol–water partition coefficient (Wildman–Crippen LogP) is 4.40. The van der Waals surface area contributed by atoms with Crippen LogP contribution in [0.25, 0.3) is 0 Å². The number of benzene rings is 1. The first kappa shape index (κ1) is 22.9. The maximum absolute atomic E-state index is 12.7. The molecule has 7 heteroatoms. The highest BCUT2D eigenvalue weighted by Crippen LogP contribution is 2.55. The van der Waals surface area contributed by atoms with E-state index in [-0.39, 0.29) is 17.4 Å². The zero-order chi connectivity index (χ0) is 22.1. The Morgan fingerprint density at radius 2 is 1.80 bits per heavy atom. The highest BCUT2D eigenvalue weighted by atomic mass is 35.5. The Bertz CT molecular complexity index is 759. The monoisotopic (exact) mass is 435 g/mol. The van der Waals surface area contributed by atoms with Crippen LogP contribution in [0.1, 0.15) is 58.6 Å². The second-order valence-corrected chi connectivity index (χ2v) is 9.66. The van der Waals surface area contributed by atoms with Crippen LogP contribution in [0, 0.1) is 11.3 Å². The smallest absolute Gasteiger partial charge is 0.326 e. The number of nitrogens with zero attached hydrogens (tertiary/aromatic N) is 2. The molecule has 0 aliphatic carbocycles. The lowest BCUT2D eigenvalue weighted by molar-refractivity contribution is -0.140. The summed E-state index contributed by atoms with van der Waals surface area (Å²) in [5, 5.41) is 12.9. The first-order chi connectivity index (χ1) is 14.2. The molecule has 2 saturated heterocycles. The number of carbonyl (C=O) groups is 2. The van der Waals surface area contributed by atoms with Gasteiger partial charge >= 0.3 is 12.0 Å². The van der Waals surface area contributed by atoms with E-state index >= 15 is 0 Å². The third-order valence-corrected chi connectivity index (χ3v) is 7.31. The summed E-state index contributed by atoms with van der Waals surface area (Å²) >= 11 is 6.10. The molecule has 3 rings (SSSR count). The molecule has 1 aromatic carbocycles. The number of hydrogen-bond acceptors (Lipinski definition) is 3. The quantitative estimate of drug-likeness (QED) is 0.694. The summed E-state index contributed by atoms with van der Waals surface area (Å²) in [5.41, 5.74) is 1.43. The number of carbonyl (C=O) groups excluding carboxylic acids is 1. The predicted molar refractivity (Wildman–Crippen MR) is 119 cm³/mol. The molecule has 6 nitrogen and oxygen atoms in total. The molecule has 1 spiro atoms. The number of aliphatic carboxylic acids is 1. The molecule has 2 aliphatic heterocycles. The van der Waals surface area contributed by atoms with E-state index in [1.54, 1.807) is 4.90 Å². The Balaban J connectivity index is 1.68. The van der Waals surface area contributed by atoms with E-state index in [9.17, 15) is 14.7 Å². The minimum Gasteiger partial charge on any atom is -0.480 e. The molecular weight excluding hydrogens is 402 g/mol. The molecule has 1 unspecified atom stereocenters. The number of halogens is 1. The molecule has 3 atom stereocenters. The van der Waals surface area contributed by atoms with Gasteiger partial charge in [0, 0.05) is 42.2 Å². The van der Waals surface area contributed by atoms with Crippen molar-refractivity contribution >= 4 is 23.6 Å². The second kappa shape index (κ2) is 9.15. The number of carboxylic acid groups (broad SMARTS) is 1. The number of hydrogen-bond donors (Lipinski definition) is 2. The largest absolute Gasteiger partial charge is 0.480 e. The standard InChI is InChI=1S/C23H34ClN3O3/c1-5-16(4)19(21(28)29)25-22(30)26-12-10-23(11-13-26)14-27(15(2)3)20(23)17-6-8-18(24)9-7-17/h6-9,15-16,19-20H,5,10-14H2,1-4H3,(H,25,30)(H,28,29)/t16-,19-,20?/m0/s1. The summed E-state index contributed by atoms with van der Waals surface area (Å²) in [7, 11) is 0. The molecule has 2 heterocycles. The van der Waals surface area contributed by atoms with Gasteiger partial charge < -0.3 is 15.3 Å². The van der Waals surface area contributed by atoms with E-state index in [1.165, 1.54) is 5.56 Å². The summed E-state index contributed by atoms with van der Waals surface area (Å²) < 4.78 is 0. The summed E-state index contributed by atoms with van der Waals surface area (Å²) in [6.45, 7) is 10.6. The Morgan fingerprint density at radius 1 is 1.20 bits per heavy atom. The minimum absolute atomic E-state index is 0.108. The first-order valence-electron chi connectivity index (χ1n) is 11.0. The van der Waals surface area contributed by atoms with E-state index in [0.717, 1.165) is 24.4 Å². The highest BCUT2D eigenvalue weighted by Gasteiger charge is 2.54. The van der Waals surface area contributed by atoms with Crippen LogP contribution in [0.15, 0.2) is 24.3 Å². The van der Waals surface area contributed by atoms with Crippen LogP contribution in [0.3, 0.4) is 0 Å². The summed E-state index contributed by atoms with van der Waals surface area (Å²) in [6.07, 6.45) is 2.53. The molecule has 2 amide bonds. The van der Waals surface area contributed by atoms with Crippen molar-refractivity contribution in [2.75, 3.05) is 19.6 Å². The van der Waals surface area contributed by atoms with Crippen molar-refractivity contribution in [1.82, 2.24) is 15.1 Å². The van der Waals surface area contributed by atoms with E-state index < -0.39 is 12.0 Å². The van der Waals surface area contributed by atoms with Crippen LogP contribution in [-0.4, -0.2) is 58.6 Å². The van der Waals surface area contributed by atoms with Crippen LogP contribution < -0.4 is 5.32 Å². The molecule has 1 aromatic rings. The van der Waals surface area contributed by atoms with Gasteiger partial charge in [0.15, 0.2) is 0 Å². The number of rotatable bonds is 6. The molecule has 0 bridgehead atoms. The van der Waals surface area contributed by atoms with Crippen molar-refractivity contribution in [3.63, 3.8) is 0 Å². The summed E-state index contributed by atoms with van der Waals surface area (Å²) in [5.74, 6) is -1.08. The van der Waals surface area contributed by atoms with Crippen molar-refractivity contribution in [3.05, 3.63) is 34.9 Å². The number of piperidine rings is 1. The lowest BCUT2D eigenvalue weighted by atomic mass is 9.62. The van der Waals surface area contributed by atoms with E-state index in [0.29, 0.717) is 31.6 Å². The molecule has 2 fully saturated rings. The normalized spacial score (nSPS) is 23.1. The van der Waals surface area contributed by atoms with Crippen LogP contribution in [0.4, 0.5) is 4.79 Å². The number of likely N-dealkylation sites (tertiary alicyclic amines) is 2. The van der Waals surface area contributed by atoms with Crippen molar-refractivity contribution in [2.24, 2.45) is 11.3 Å². The lowest BCUT2D eigenvalue weighted by Crippen LogP contribution is -2.64. The fourth-order valence-corrected chi connectivity index (χ4v) is 5.07. The number of nitrogens with one attached hydrogen (secondary N) is 1. The van der Waals surface area contributed by atoms with E-state index in [4.69, 9.17) is 11.6 Å². The van der Waals surface area contributed by atoms with E-state index in [1.807, 2.05) is 26.0 Å². The zero-order valence-corrected chi connectivity index (χ0v) is 19.2. The molecular formula is C23H34ClN3O3. The fraction of sp³-hybridized carbons (Fsp3) is 0.652. The molecule has 0 radical (unpaired) electrons. The number of amides is 2. The van der Waals surface area contributed by atoms with Gasteiger partial charge in [0.05, 0.1) is 0 Å². The average molecular weight is 436 g/mol. The van der Waals surface area contributed by atoms with Crippen molar-refractivity contribution in [1.29, 1.82) is 0 Å². The van der Waals surface area contributed by atoms with Gasteiger partial charge in [-0.15, -0.1) is 0 Å². The number of carboxylic acids is 1. The molecule has 0 aromatic heterocycles. The third kappa shape index (κ3) is 4.45. The Morgan fingerprint density at radius 3 is 2.30 bits per heavy atom. The maximum atomic E-state index is 12.7. The van der Waals surface area contributed by atoms with Crippen molar-refractivity contribution in [3.8, 4) is 0 Å². The van der Waals surface area contributed by atoms with Crippen LogP contribution >= 0.6 is 11.6 Å². The van der Waals surface area contributed by atoms with Gasteiger partial charge in [0.25, 0.3) is 0 Å². The second-order valence-electron chi connectivity index (χ2n) is 9.22. The van der Waals surface area contributed by atoms with Crippen LogP contribution in [0.5, 0.6) is 0 Å². The maximum Gasteiger partial charge on any atom is 0.326 e. The Kier molecular flexibility index (Phi) is 6.98. The van der Waals surface area contributed by atoms with E-state index in [2.05, 4.69) is 36.2 Å². The van der Waals surface area contributed by atoms with Crippen LogP contribution in [-0.2, 0) is 4.79 Å². The Hall–Kier alpha value is -1.79. The molecule has 2 N–H and O–H groups in total. The topological polar surface area (TPSA) is 72.9 Å². The van der Waals surface area contributed by atoms with Gasteiger partial charge in [-0.1, -0.05) is 44.0 Å². The van der Waals surface area contributed by atoms with Gasteiger partial charge in [0.2, 0.25) is 0 Å². The highest BCUT2D eigenvalue weighted by molar-refractivity contribution is 6.30. The SMILES string of the molecule is CC[C@H](C)[C@H](NC(=O)N1CCC2(CC1)CN(C(C)C)C2c1ccc(Cl)cc1)C(=O)O. The fourth-order valence-electron chi connectivity index (χ4n) is 4.95. The van der Waals surface area contributed by atoms with Gasteiger partial charge in [-0.3, -0.25) is 4.90 Å². The molecule has 0 saturated carbocycles. The third-order valence-electron chi connectivity index (χ3n) is 7.06. The van der Waals surface area contributed by atoms with Crippen molar-refractivity contribution in [2.45, 2.75) is 65.1 Å². The molecule has 30 heavy (non-hydrogen) atoms. The zero-order valence-electron chi connectivity index (χ0n) is 18.4. The summed E-state index contributed by atoms with van der Waals surface area (Å²) in [6, 6.07) is 7.80. The van der Waals surface area contributed by atoms with Gasteiger partial charge in [-0.2, -0.15) is 0 Å². The van der Waals surface area contributed by atoms with Gasteiger partial charge in [-0.05, 0) is 50.3 Å².